The van der Waals surface area contributed by atoms with E-state index < -0.39 is 21.3 Å². The zero-order chi connectivity index (χ0) is 25.1. The second-order valence-corrected chi connectivity index (χ2v) is 13.3. The van der Waals surface area contributed by atoms with Crippen LogP contribution in [0.2, 0.25) is 5.02 Å². The largest absolute Gasteiger partial charge is 0.444 e. The van der Waals surface area contributed by atoms with Crippen LogP contribution in [0.5, 0.6) is 0 Å². The van der Waals surface area contributed by atoms with Crippen molar-refractivity contribution in [2.45, 2.75) is 70.8 Å². The first-order valence-electron chi connectivity index (χ1n) is 11.9. The molecule has 1 fully saturated rings. The first kappa shape index (κ1) is 26.7. The minimum absolute atomic E-state index is 0.118. The summed E-state index contributed by atoms with van der Waals surface area (Å²) in [6, 6.07) is 16.0. The monoisotopic (exact) mass is 504 g/mol. The standard InChI is InChI=1S/C27H37ClN2O3S/c1-26(2,3)33-25(31)30-17-15-20(16-18-30)24(29-34(32)27(4,5)6)23-10-8-7-9-22(23)19-11-13-21(28)14-12-19/h7-14,20,24,29H,15-18H2,1-6H3/t24-,34?/m1/s1. The van der Waals surface area contributed by atoms with Gasteiger partial charge in [0.2, 0.25) is 0 Å². The third-order valence-electron chi connectivity index (χ3n) is 5.90. The fourth-order valence-electron chi connectivity index (χ4n) is 4.11. The van der Waals surface area contributed by atoms with Crippen LogP contribution in [0.3, 0.4) is 0 Å². The first-order chi connectivity index (χ1) is 15.8. The molecule has 1 aliphatic heterocycles. The molecule has 34 heavy (non-hydrogen) atoms. The van der Waals surface area contributed by atoms with Crippen molar-refractivity contribution in [1.29, 1.82) is 0 Å². The maximum atomic E-state index is 13.2. The van der Waals surface area contributed by atoms with Crippen LogP contribution in [0.1, 0.15) is 66.0 Å². The highest BCUT2D eigenvalue weighted by Crippen LogP contribution is 2.37. The molecule has 3 rings (SSSR count). The molecule has 2 atom stereocenters. The molecule has 0 bridgehead atoms. The molecule has 0 saturated carbocycles. The molecule has 0 aromatic heterocycles. The summed E-state index contributed by atoms with van der Waals surface area (Å²) < 4.78 is 21.8. The molecule has 186 valence electrons. The zero-order valence-electron chi connectivity index (χ0n) is 21.1. The van der Waals surface area contributed by atoms with Crippen molar-refractivity contribution >= 4 is 28.7 Å². The van der Waals surface area contributed by atoms with E-state index in [1.165, 1.54) is 0 Å². The average molecular weight is 505 g/mol. The van der Waals surface area contributed by atoms with Crippen LogP contribution in [0.25, 0.3) is 11.1 Å². The number of likely N-dealkylation sites (tertiary alicyclic amines) is 1. The molecule has 5 nitrogen and oxygen atoms in total. The topological polar surface area (TPSA) is 58.6 Å². The molecule has 1 saturated heterocycles. The molecule has 0 aliphatic carbocycles. The van der Waals surface area contributed by atoms with Gasteiger partial charge < -0.3 is 9.64 Å². The molecule has 1 heterocycles. The number of piperidine rings is 1. The smallest absolute Gasteiger partial charge is 0.410 e. The number of carbonyl (C=O) groups excluding carboxylic acids is 1. The van der Waals surface area contributed by atoms with Crippen LogP contribution in [0, 0.1) is 5.92 Å². The van der Waals surface area contributed by atoms with Gasteiger partial charge in [-0.3, -0.25) is 0 Å². The highest BCUT2D eigenvalue weighted by Gasteiger charge is 2.34. The molecule has 7 heteroatoms. The fourth-order valence-corrected chi connectivity index (χ4v) is 5.14. The van der Waals surface area contributed by atoms with E-state index in [2.05, 4.69) is 16.9 Å². The van der Waals surface area contributed by atoms with Crippen molar-refractivity contribution < 1.29 is 13.7 Å². The lowest BCUT2D eigenvalue weighted by atomic mass is 9.83. The number of carbonyl (C=O) groups is 1. The Hall–Kier alpha value is -1.89. The maximum absolute atomic E-state index is 13.2. The molecule has 0 radical (unpaired) electrons. The normalized spacial score (nSPS) is 17.3. The van der Waals surface area contributed by atoms with Crippen molar-refractivity contribution in [2.75, 3.05) is 13.1 Å². The highest BCUT2D eigenvalue weighted by atomic mass is 35.5. The Labute approximate surface area is 211 Å². The van der Waals surface area contributed by atoms with Crippen LogP contribution in [-0.2, 0) is 15.7 Å². The van der Waals surface area contributed by atoms with Crippen LogP contribution in [-0.4, -0.2) is 38.6 Å². The molecule has 1 N–H and O–H groups in total. The van der Waals surface area contributed by atoms with Gasteiger partial charge in [0.25, 0.3) is 0 Å². The van der Waals surface area contributed by atoms with Gasteiger partial charge in [-0.1, -0.05) is 48.0 Å². The van der Waals surface area contributed by atoms with E-state index in [-0.39, 0.29) is 18.1 Å². The van der Waals surface area contributed by atoms with Crippen LogP contribution in [0.4, 0.5) is 4.79 Å². The molecule has 2 aromatic carbocycles. The number of amides is 1. The molecule has 1 aliphatic rings. The number of rotatable bonds is 5. The molecule has 0 spiro atoms. The Morgan fingerprint density at radius 1 is 1.03 bits per heavy atom. The third-order valence-corrected chi connectivity index (χ3v) is 7.74. The molecular weight excluding hydrogens is 468 g/mol. The minimum Gasteiger partial charge on any atom is -0.444 e. The van der Waals surface area contributed by atoms with Crippen LogP contribution >= 0.6 is 11.6 Å². The summed E-state index contributed by atoms with van der Waals surface area (Å²) in [6.07, 6.45) is 1.33. The van der Waals surface area contributed by atoms with Gasteiger partial charge in [0.1, 0.15) is 5.60 Å². The predicted molar refractivity (Wildman–Crippen MR) is 141 cm³/mol. The highest BCUT2D eigenvalue weighted by molar-refractivity contribution is 7.84. The van der Waals surface area contributed by atoms with Gasteiger partial charge in [0, 0.05) is 24.2 Å². The minimum atomic E-state index is -1.25. The third kappa shape index (κ3) is 7.06. The Morgan fingerprint density at radius 2 is 1.62 bits per heavy atom. The van der Waals surface area contributed by atoms with E-state index in [1.807, 2.05) is 77.9 Å². The van der Waals surface area contributed by atoms with Crippen molar-refractivity contribution in [2.24, 2.45) is 5.92 Å². The molecule has 1 unspecified atom stereocenters. The Balaban J connectivity index is 1.89. The average Bonchev–Trinajstić information content (AvgIpc) is 2.76. The van der Waals surface area contributed by atoms with Gasteiger partial charge >= 0.3 is 6.09 Å². The van der Waals surface area contributed by atoms with Crippen molar-refractivity contribution in [1.82, 2.24) is 9.62 Å². The lowest BCUT2D eigenvalue weighted by molar-refractivity contribution is 0.0172. The van der Waals surface area contributed by atoms with Crippen molar-refractivity contribution in [3.05, 3.63) is 59.1 Å². The second kappa shape index (κ2) is 10.8. The van der Waals surface area contributed by atoms with Gasteiger partial charge in [-0.15, -0.1) is 0 Å². The van der Waals surface area contributed by atoms with Crippen molar-refractivity contribution in [3.8, 4) is 11.1 Å². The maximum Gasteiger partial charge on any atom is 0.410 e. The number of halogens is 1. The van der Waals surface area contributed by atoms with E-state index in [0.29, 0.717) is 18.1 Å². The van der Waals surface area contributed by atoms with E-state index >= 15 is 0 Å². The SMILES string of the molecule is CC(C)(C)OC(=O)N1CCC([C@@H](NS(=O)C(C)(C)C)c2ccccc2-c2ccc(Cl)cc2)CC1. The van der Waals surface area contributed by atoms with Gasteiger partial charge in [-0.25, -0.2) is 13.7 Å². The summed E-state index contributed by atoms with van der Waals surface area (Å²) in [5, 5.41) is 0.694. The fraction of sp³-hybridized carbons (Fsp3) is 0.519. The summed E-state index contributed by atoms with van der Waals surface area (Å²) in [5.41, 5.74) is 2.76. The van der Waals surface area contributed by atoms with Crippen LogP contribution in [0.15, 0.2) is 48.5 Å². The van der Waals surface area contributed by atoms with Gasteiger partial charge in [0.05, 0.1) is 15.7 Å². The molecule has 2 aromatic rings. The quantitative estimate of drug-likeness (QED) is 0.490. The lowest BCUT2D eigenvalue weighted by Gasteiger charge is -2.38. The van der Waals surface area contributed by atoms with E-state index in [9.17, 15) is 9.00 Å². The lowest BCUT2D eigenvalue weighted by Crippen LogP contribution is -2.45. The summed E-state index contributed by atoms with van der Waals surface area (Å²) in [7, 11) is -1.25. The van der Waals surface area contributed by atoms with E-state index in [1.54, 1.807) is 4.90 Å². The van der Waals surface area contributed by atoms with Gasteiger partial charge in [-0.2, -0.15) is 0 Å². The summed E-state index contributed by atoms with van der Waals surface area (Å²) in [5.74, 6) is 0.221. The Bertz CT molecular complexity index is 1000. The Morgan fingerprint density at radius 3 is 2.18 bits per heavy atom. The Kier molecular flexibility index (Phi) is 8.48. The summed E-state index contributed by atoms with van der Waals surface area (Å²) in [4.78, 5) is 14.3. The van der Waals surface area contributed by atoms with E-state index in [0.717, 1.165) is 29.5 Å². The number of hydrogen-bond donors (Lipinski definition) is 1. The van der Waals surface area contributed by atoms with Crippen molar-refractivity contribution in [3.63, 3.8) is 0 Å². The molecule has 1 amide bonds. The molecular formula is C27H37ClN2O3S. The number of nitrogens with one attached hydrogen (secondary N) is 1. The summed E-state index contributed by atoms with van der Waals surface area (Å²) >= 11 is 6.13. The second-order valence-electron chi connectivity index (χ2n) is 10.9. The number of nitrogens with zero attached hydrogens (tertiary/aromatic N) is 1. The predicted octanol–water partition coefficient (Wildman–Crippen LogP) is 6.75. The first-order valence-corrected chi connectivity index (χ1v) is 13.4. The number of hydrogen-bond acceptors (Lipinski definition) is 3. The van der Waals surface area contributed by atoms with Gasteiger partial charge in [0.15, 0.2) is 0 Å². The summed E-state index contributed by atoms with van der Waals surface area (Å²) in [6.45, 7) is 12.8. The van der Waals surface area contributed by atoms with Gasteiger partial charge in [-0.05, 0) is 89.1 Å². The number of benzene rings is 2. The van der Waals surface area contributed by atoms with Crippen LogP contribution < -0.4 is 4.72 Å². The number of ether oxygens (including phenoxy) is 1. The van der Waals surface area contributed by atoms with E-state index in [4.69, 9.17) is 16.3 Å². The zero-order valence-corrected chi connectivity index (χ0v) is 22.6.